The molecule has 1 heterocycles. The summed E-state index contributed by atoms with van der Waals surface area (Å²) >= 11 is 0. The van der Waals surface area contributed by atoms with Gasteiger partial charge in [0.2, 0.25) is 0 Å². The number of piperazine rings is 1. The number of hydrogen-bond donors (Lipinski definition) is 1. The van der Waals surface area contributed by atoms with Gasteiger partial charge in [0, 0.05) is 30.7 Å². The molecule has 0 bridgehead atoms. The van der Waals surface area contributed by atoms with Crippen LogP contribution in [0.5, 0.6) is 0 Å². The lowest BCUT2D eigenvalue weighted by molar-refractivity contribution is 0.0117. The quantitative estimate of drug-likeness (QED) is 0.901. The predicted octanol–water partition coefficient (Wildman–Crippen LogP) is 3.74. The summed E-state index contributed by atoms with van der Waals surface area (Å²) in [6.07, 6.45) is 6.88. The molecule has 2 nitrogen and oxygen atoms in total. The zero-order chi connectivity index (χ0) is 14.0. The summed E-state index contributed by atoms with van der Waals surface area (Å²) in [6, 6.07) is 12.3. The van der Waals surface area contributed by atoms with Crippen LogP contribution in [0, 0.1) is 0 Å². The first-order valence-corrected chi connectivity index (χ1v) is 8.28. The van der Waals surface area contributed by atoms with E-state index in [4.69, 9.17) is 0 Å². The highest BCUT2D eigenvalue weighted by Gasteiger charge is 2.41. The fourth-order valence-corrected chi connectivity index (χ4v) is 3.97. The Morgan fingerprint density at radius 1 is 1.20 bits per heavy atom. The molecule has 1 saturated heterocycles. The third-order valence-corrected chi connectivity index (χ3v) is 5.53. The van der Waals surface area contributed by atoms with Gasteiger partial charge in [0.05, 0.1) is 0 Å². The van der Waals surface area contributed by atoms with Crippen LogP contribution in [0.2, 0.25) is 0 Å². The first kappa shape index (κ1) is 14.1. The third-order valence-electron chi connectivity index (χ3n) is 5.53. The minimum absolute atomic E-state index is 0.334. The van der Waals surface area contributed by atoms with E-state index in [-0.39, 0.29) is 0 Å². The number of benzene rings is 1. The average Bonchev–Trinajstić information content (AvgIpc) is 3.02. The summed E-state index contributed by atoms with van der Waals surface area (Å²) in [7, 11) is 0. The summed E-state index contributed by atoms with van der Waals surface area (Å²) < 4.78 is 0. The van der Waals surface area contributed by atoms with E-state index in [2.05, 4.69) is 54.4 Å². The lowest BCUT2D eigenvalue weighted by Crippen LogP contribution is -2.62. The maximum absolute atomic E-state index is 3.79. The second-order valence-corrected chi connectivity index (χ2v) is 6.79. The van der Waals surface area contributed by atoms with Gasteiger partial charge in [-0.3, -0.25) is 4.90 Å². The zero-order valence-corrected chi connectivity index (χ0v) is 12.9. The first-order chi connectivity index (χ1) is 9.73. The first-order valence-electron chi connectivity index (χ1n) is 8.28. The molecule has 110 valence electrons. The molecule has 1 aromatic rings. The molecule has 1 saturated carbocycles. The van der Waals surface area contributed by atoms with Gasteiger partial charge in [0.25, 0.3) is 0 Å². The number of nitrogens with zero attached hydrogens (tertiary/aromatic N) is 1. The van der Waals surface area contributed by atoms with Crippen LogP contribution in [0.4, 0.5) is 0 Å². The Bertz CT molecular complexity index is 424. The maximum atomic E-state index is 3.79. The normalized spacial score (nSPS) is 32.6. The van der Waals surface area contributed by atoms with Gasteiger partial charge in [0.15, 0.2) is 0 Å². The van der Waals surface area contributed by atoms with Gasteiger partial charge in [-0.1, -0.05) is 50.1 Å². The maximum Gasteiger partial charge on any atom is 0.0450 e. The highest BCUT2D eigenvalue weighted by molar-refractivity contribution is 5.21. The van der Waals surface area contributed by atoms with Crippen molar-refractivity contribution in [2.75, 3.05) is 13.1 Å². The van der Waals surface area contributed by atoms with Crippen LogP contribution >= 0.6 is 0 Å². The Kier molecular flexibility index (Phi) is 4.13. The fraction of sp³-hybridized carbons (Fsp3) is 0.667. The molecule has 1 aliphatic carbocycles. The van der Waals surface area contributed by atoms with Crippen molar-refractivity contribution < 1.29 is 0 Å². The van der Waals surface area contributed by atoms with E-state index in [1.54, 1.807) is 0 Å². The van der Waals surface area contributed by atoms with Gasteiger partial charge in [-0.25, -0.2) is 0 Å². The SMILES string of the molecule is CCC1(C)CNC(c2ccccc2)CN1C1CCCC1. The molecule has 2 unspecified atom stereocenters. The monoisotopic (exact) mass is 272 g/mol. The molecule has 20 heavy (non-hydrogen) atoms. The van der Waals surface area contributed by atoms with Crippen molar-refractivity contribution in [3.05, 3.63) is 35.9 Å². The Balaban J connectivity index is 1.79. The van der Waals surface area contributed by atoms with E-state index in [1.165, 1.54) is 44.2 Å². The lowest BCUT2D eigenvalue weighted by Gasteiger charge is -2.51. The number of rotatable bonds is 3. The molecule has 0 spiro atoms. The highest BCUT2D eigenvalue weighted by atomic mass is 15.3. The van der Waals surface area contributed by atoms with Crippen molar-refractivity contribution >= 4 is 0 Å². The largest absolute Gasteiger partial charge is 0.307 e. The van der Waals surface area contributed by atoms with E-state index < -0.39 is 0 Å². The van der Waals surface area contributed by atoms with Crippen LogP contribution in [0.3, 0.4) is 0 Å². The summed E-state index contributed by atoms with van der Waals surface area (Å²) in [5.41, 5.74) is 1.77. The van der Waals surface area contributed by atoms with E-state index in [0.29, 0.717) is 11.6 Å². The van der Waals surface area contributed by atoms with Crippen LogP contribution in [0.15, 0.2) is 30.3 Å². The molecule has 1 aromatic carbocycles. The molecule has 1 aliphatic heterocycles. The van der Waals surface area contributed by atoms with Gasteiger partial charge >= 0.3 is 0 Å². The van der Waals surface area contributed by atoms with Crippen molar-refractivity contribution in [3.8, 4) is 0 Å². The van der Waals surface area contributed by atoms with Gasteiger partial charge in [-0.2, -0.15) is 0 Å². The topological polar surface area (TPSA) is 15.3 Å². The van der Waals surface area contributed by atoms with Crippen LogP contribution in [-0.2, 0) is 0 Å². The summed E-state index contributed by atoms with van der Waals surface area (Å²) in [4.78, 5) is 2.83. The van der Waals surface area contributed by atoms with E-state index in [9.17, 15) is 0 Å². The number of hydrogen-bond acceptors (Lipinski definition) is 2. The smallest absolute Gasteiger partial charge is 0.0450 e. The van der Waals surface area contributed by atoms with Crippen molar-refractivity contribution in [1.29, 1.82) is 0 Å². The molecule has 2 fully saturated rings. The average molecular weight is 272 g/mol. The predicted molar refractivity (Wildman–Crippen MR) is 84.8 cm³/mol. The molecule has 0 aromatic heterocycles. The molecule has 2 heteroatoms. The van der Waals surface area contributed by atoms with Gasteiger partial charge in [-0.05, 0) is 31.7 Å². The van der Waals surface area contributed by atoms with Crippen molar-refractivity contribution in [2.24, 2.45) is 0 Å². The molecular weight excluding hydrogens is 244 g/mol. The minimum Gasteiger partial charge on any atom is -0.307 e. The van der Waals surface area contributed by atoms with E-state index in [1.807, 2.05) is 0 Å². The minimum atomic E-state index is 0.334. The Labute approximate surface area is 123 Å². The standard InChI is InChI=1S/C18H28N2/c1-3-18(2)14-19-17(15-9-5-4-6-10-15)13-20(18)16-11-7-8-12-16/h4-6,9-10,16-17,19H,3,7-8,11-14H2,1-2H3. The summed E-state index contributed by atoms with van der Waals surface area (Å²) in [6.45, 7) is 7.06. The van der Waals surface area contributed by atoms with Crippen molar-refractivity contribution in [1.82, 2.24) is 10.2 Å². The molecular formula is C18H28N2. The highest BCUT2D eigenvalue weighted by Crippen LogP contribution is 2.35. The second-order valence-electron chi connectivity index (χ2n) is 6.79. The molecule has 2 atom stereocenters. The van der Waals surface area contributed by atoms with Crippen molar-refractivity contribution in [3.63, 3.8) is 0 Å². The summed E-state index contributed by atoms with van der Waals surface area (Å²) in [5, 5.41) is 3.79. The van der Waals surface area contributed by atoms with Gasteiger partial charge in [-0.15, -0.1) is 0 Å². The summed E-state index contributed by atoms with van der Waals surface area (Å²) in [5.74, 6) is 0. The van der Waals surface area contributed by atoms with Crippen molar-refractivity contribution in [2.45, 2.75) is 63.6 Å². The van der Waals surface area contributed by atoms with Crippen LogP contribution in [-0.4, -0.2) is 29.6 Å². The van der Waals surface area contributed by atoms with Gasteiger partial charge in [0.1, 0.15) is 0 Å². The Morgan fingerprint density at radius 2 is 1.90 bits per heavy atom. The second kappa shape index (κ2) is 5.87. The van der Waals surface area contributed by atoms with E-state index >= 15 is 0 Å². The fourth-order valence-electron chi connectivity index (χ4n) is 3.97. The lowest BCUT2D eigenvalue weighted by atomic mass is 9.88. The molecule has 3 rings (SSSR count). The van der Waals surface area contributed by atoms with Crippen LogP contribution < -0.4 is 5.32 Å². The van der Waals surface area contributed by atoms with E-state index in [0.717, 1.165) is 12.6 Å². The third kappa shape index (κ3) is 2.64. The van der Waals surface area contributed by atoms with Crippen LogP contribution in [0.25, 0.3) is 0 Å². The molecule has 0 amide bonds. The Morgan fingerprint density at radius 3 is 2.55 bits per heavy atom. The number of nitrogens with one attached hydrogen (secondary N) is 1. The van der Waals surface area contributed by atoms with Gasteiger partial charge < -0.3 is 5.32 Å². The molecule has 2 aliphatic rings. The van der Waals surface area contributed by atoms with Crippen LogP contribution in [0.1, 0.15) is 57.6 Å². The zero-order valence-electron chi connectivity index (χ0n) is 12.9. The Hall–Kier alpha value is -0.860. The molecule has 0 radical (unpaired) electrons. The molecule has 1 N–H and O–H groups in total.